The molecule has 1 rings (SSSR count). The SMILES string of the molecule is CC(C)(C)[C@@H](NC(=O)CCCS(C)(=O)=O)c1ccc(F)cc1F. The maximum Gasteiger partial charge on any atom is 0.220 e. The Morgan fingerprint density at radius 1 is 1.26 bits per heavy atom. The molecule has 0 saturated heterocycles. The van der Waals surface area contributed by atoms with E-state index in [-0.39, 0.29) is 30.1 Å². The minimum Gasteiger partial charge on any atom is -0.349 e. The van der Waals surface area contributed by atoms with Crippen molar-refractivity contribution in [2.75, 3.05) is 12.0 Å². The number of carbonyl (C=O) groups excluding carboxylic acids is 1. The molecule has 0 radical (unpaired) electrons. The second kappa shape index (κ2) is 7.38. The van der Waals surface area contributed by atoms with Crippen molar-refractivity contribution in [3.63, 3.8) is 0 Å². The molecule has 1 amide bonds. The predicted octanol–water partition coefficient (Wildman–Crippen LogP) is 2.99. The van der Waals surface area contributed by atoms with Gasteiger partial charge in [-0.15, -0.1) is 0 Å². The van der Waals surface area contributed by atoms with Crippen molar-refractivity contribution in [2.45, 2.75) is 39.7 Å². The predicted molar refractivity (Wildman–Crippen MR) is 85.6 cm³/mol. The van der Waals surface area contributed by atoms with Gasteiger partial charge in [-0.05, 0) is 17.9 Å². The zero-order valence-corrected chi connectivity index (χ0v) is 14.6. The molecule has 1 aromatic carbocycles. The molecule has 0 spiro atoms. The highest BCUT2D eigenvalue weighted by Crippen LogP contribution is 2.34. The second-order valence-corrected chi connectivity index (χ2v) is 9.03. The zero-order valence-electron chi connectivity index (χ0n) is 13.8. The fourth-order valence-electron chi connectivity index (χ4n) is 2.22. The van der Waals surface area contributed by atoms with E-state index in [1.165, 1.54) is 6.07 Å². The molecule has 0 aliphatic heterocycles. The van der Waals surface area contributed by atoms with Crippen LogP contribution in [0.1, 0.15) is 45.2 Å². The maximum atomic E-state index is 14.0. The van der Waals surface area contributed by atoms with Gasteiger partial charge in [0.05, 0.1) is 11.8 Å². The van der Waals surface area contributed by atoms with Crippen molar-refractivity contribution >= 4 is 15.7 Å². The molecular weight excluding hydrogens is 324 g/mol. The average Bonchev–Trinajstić information content (AvgIpc) is 2.34. The summed E-state index contributed by atoms with van der Waals surface area (Å²) >= 11 is 0. The molecule has 1 atom stereocenters. The van der Waals surface area contributed by atoms with Crippen LogP contribution in [0.2, 0.25) is 0 Å². The molecule has 0 heterocycles. The number of benzene rings is 1. The van der Waals surface area contributed by atoms with E-state index < -0.39 is 32.9 Å². The quantitative estimate of drug-likeness (QED) is 0.860. The Balaban J connectivity index is 2.86. The van der Waals surface area contributed by atoms with E-state index in [1.54, 1.807) is 0 Å². The fourth-order valence-corrected chi connectivity index (χ4v) is 2.89. The third-order valence-corrected chi connectivity index (χ3v) is 4.39. The lowest BCUT2D eigenvalue weighted by Gasteiger charge is -2.32. The maximum absolute atomic E-state index is 14.0. The molecule has 7 heteroatoms. The molecule has 0 fully saturated rings. The van der Waals surface area contributed by atoms with Gasteiger partial charge in [-0.3, -0.25) is 4.79 Å². The van der Waals surface area contributed by atoms with Crippen LogP contribution < -0.4 is 5.32 Å². The van der Waals surface area contributed by atoms with Gasteiger partial charge in [0.15, 0.2) is 0 Å². The number of rotatable bonds is 6. The van der Waals surface area contributed by atoms with E-state index in [0.29, 0.717) is 0 Å². The van der Waals surface area contributed by atoms with Gasteiger partial charge in [-0.1, -0.05) is 26.8 Å². The second-order valence-electron chi connectivity index (χ2n) is 6.77. The highest BCUT2D eigenvalue weighted by molar-refractivity contribution is 7.90. The molecule has 130 valence electrons. The van der Waals surface area contributed by atoms with Crippen LogP contribution in [0.5, 0.6) is 0 Å². The van der Waals surface area contributed by atoms with Crippen LogP contribution in [-0.2, 0) is 14.6 Å². The standard InChI is InChI=1S/C16H23F2NO3S/c1-16(2,3)15(12-8-7-11(17)10-13(12)18)19-14(20)6-5-9-23(4,21)22/h7-8,10,15H,5-6,9H2,1-4H3,(H,19,20)/t15-/m0/s1. The van der Waals surface area contributed by atoms with E-state index in [0.717, 1.165) is 18.4 Å². The zero-order chi connectivity index (χ0) is 17.8. The number of sulfone groups is 1. The van der Waals surface area contributed by atoms with Gasteiger partial charge in [-0.25, -0.2) is 17.2 Å². The molecule has 0 unspecified atom stereocenters. The highest BCUT2D eigenvalue weighted by Gasteiger charge is 2.30. The first-order valence-corrected chi connectivity index (χ1v) is 9.38. The van der Waals surface area contributed by atoms with Gasteiger partial charge in [0.25, 0.3) is 0 Å². The Morgan fingerprint density at radius 2 is 1.87 bits per heavy atom. The van der Waals surface area contributed by atoms with Crippen LogP contribution in [-0.4, -0.2) is 26.3 Å². The van der Waals surface area contributed by atoms with E-state index in [2.05, 4.69) is 5.32 Å². The molecule has 1 aromatic rings. The Morgan fingerprint density at radius 3 is 2.35 bits per heavy atom. The number of hydrogen-bond donors (Lipinski definition) is 1. The van der Waals surface area contributed by atoms with Crippen LogP contribution in [0.3, 0.4) is 0 Å². The van der Waals surface area contributed by atoms with Crippen molar-refractivity contribution in [2.24, 2.45) is 5.41 Å². The number of halogens is 2. The Labute approximate surface area is 136 Å². The highest BCUT2D eigenvalue weighted by atomic mass is 32.2. The summed E-state index contributed by atoms with van der Waals surface area (Å²) in [6.45, 7) is 5.49. The molecule has 0 bridgehead atoms. The van der Waals surface area contributed by atoms with Crippen molar-refractivity contribution in [3.8, 4) is 0 Å². The summed E-state index contributed by atoms with van der Waals surface area (Å²) in [6.07, 6.45) is 1.34. The summed E-state index contributed by atoms with van der Waals surface area (Å²) in [5.74, 6) is -1.84. The molecule has 1 N–H and O–H groups in total. The Kier molecular flexibility index (Phi) is 6.27. The minimum atomic E-state index is -3.12. The minimum absolute atomic E-state index is 0.0302. The first kappa shape index (κ1) is 19.5. The molecule has 0 saturated carbocycles. The van der Waals surface area contributed by atoms with E-state index in [4.69, 9.17) is 0 Å². The molecule has 0 aliphatic rings. The van der Waals surface area contributed by atoms with Gasteiger partial charge < -0.3 is 5.32 Å². The normalized spacial score (nSPS) is 13.7. The number of amides is 1. The lowest BCUT2D eigenvalue weighted by molar-refractivity contribution is -0.122. The molecular formula is C16H23F2NO3S. The lowest BCUT2D eigenvalue weighted by atomic mass is 9.82. The van der Waals surface area contributed by atoms with Crippen LogP contribution in [0.15, 0.2) is 18.2 Å². The van der Waals surface area contributed by atoms with Gasteiger partial charge in [0.1, 0.15) is 21.5 Å². The topological polar surface area (TPSA) is 63.2 Å². The molecule has 4 nitrogen and oxygen atoms in total. The fraction of sp³-hybridized carbons (Fsp3) is 0.562. The summed E-state index contributed by atoms with van der Waals surface area (Å²) in [5, 5.41) is 2.72. The Hall–Kier alpha value is -1.50. The van der Waals surface area contributed by atoms with Crippen molar-refractivity contribution in [1.82, 2.24) is 5.32 Å². The largest absolute Gasteiger partial charge is 0.349 e. The van der Waals surface area contributed by atoms with Gasteiger partial charge in [0, 0.05) is 24.3 Å². The van der Waals surface area contributed by atoms with E-state index in [9.17, 15) is 22.0 Å². The van der Waals surface area contributed by atoms with Crippen LogP contribution >= 0.6 is 0 Å². The van der Waals surface area contributed by atoms with Crippen LogP contribution in [0, 0.1) is 17.0 Å². The number of carbonyl (C=O) groups is 1. The number of hydrogen-bond acceptors (Lipinski definition) is 3. The number of nitrogens with one attached hydrogen (secondary N) is 1. The average molecular weight is 347 g/mol. The van der Waals surface area contributed by atoms with E-state index in [1.807, 2.05) is 20.8 Å². The first-order chi connectivity index (χ1) is 10.4. The monoisotopic (exact) mass is 347 g/mol. The molecule has 0 aliphatic carbocycles. The molecule has 0 aromatic heterocycles. The van der Waals surface area contributed by atoms with E-state index >= 15 is 0 Å². The third-order valence-electron chi connectivity index (χ3n) is 3.36. The summed E-state index contributed by atoms with van der Waals surface area (Å²) < 4.78 is 49.2. The van der Waals surface area contributed by atoms with Crippen molar-refractivity contribution in [3.05, 3.63) is 35.4 Å². The van der Waals surface area contributed by atoms with Crippen LogP contribution in [0.25, 0.3) is 0 Å². The van der Waals surface area contributed by atoms with Crippen molar-refractivity contribution in [1.29, 1.82) is 0 Å². The smallest absolute Gasteiger partial charge is 0.220 e. The summed E-state index contributed by atoms with van der Waals surface area (Å²) in [6, 6.07) is 2.60. The first-order valence-electron chi connectivity index (χ1n) is 7.32. The van der Waals surface area contributed by atoms with Crippen LogP contribution in [0.4, 0.5) is 8.78 Å². The Bertz CT molecular complexity index is 666. The van der Waals surface area contributed by atoms with Gasteiger partial charge in [0.2, 0.25) is 5.91 Å². The van der Waals surface area contributed by atoms with Gasteiger partial charge >= 0.3 is 0 Å². The summed E-state index contributed by atoms with van der Waals surface area (Å²) in [7, 11) is -3.12. The summed E-state index contributed by atoms with van der Waals surface area (Å²) in [5.41, 5.74) is -0.291. The molecule has 23 heavy (non-hydrogen) atoms. The van der Waals surface area contributed by atoms with Crippen molar-refractivity contribution < 1.29 is 22.0 Å². The lowest BCUT2D eigenvalue weighted by Crippen LogP contribution is -2.37. The summed E-state index contributed by atoms with van der Waals surface area (Å²) in [4.78, 5) is 12.0. The van der Waals surface area contributed by atoms with Gasteiger partial charge in [-0.2, -0.15) is 0 Å². The third kappa shape index (κ3) is 6.64.